The monoisotopic (exact) mass is 514 g/mol. The summed E-state index contributed by atoms with van der Waals surface area (Å²) in [6, 6.07) is 8.47. The number of alkyl halides is 3. The van der Waals surface area contributed by atoms with Crippen LogP contribution >= 0.6 is 24.8 Å². The zero-order chi connectivity index (χ0) is 23.0. The number of methoxy groups -OCH3 is 1. The van der Waals surface area contributed by atoms with Crippen LogP contribution in [0.4, 0.5) is 13.2 Å². The van der Waals surface area contributed by atoms with Crippen LogP contribution in [-0.2, 0) is 6.18 Å². The Morgan fingerprint density at radius 2 is 1.76 bits per heavy atom. The molecule has 3 heterocycles. The van der Waals surface area contributed by atoms with Crippen molar-refractivity contribution in [3.8, 4) is 34.5 Å². The molecule has 7 nitrogen and oxygen atoms in total. The Balaban J connectivity index is 0.00000204. The van der Waals surface area contributed by atoms with Crippen LogP contribution in [0.25, 0.3) is 28.6 Å². The number of pyridine rings is 1. The number of imidazole rings is 1. The number of rotatable bonds is 5. The molecule has 0 aliphatic carbocycles. The van der Waals surface area contributed by atoms with E-state index in [1.54, 1.807) is 27.7 Å². The number of hydrogen-bond donors (Lipinski definition) is 0. The zero-order valence-corrected chi connectivity index (χ0v) is 20.4. The van der Waals surface area contributed by atoms with Crippen molar-refractivity contribution in [1.29, 1.82) is 0 Å². The zero-order valence-electron chi connectivity index (χ0n) is 18.7. The molecule has 0 amide bonds. The lowest BCUT2D eigenvalue weighted by atomic mass is 10.1. The Kier molecular flexibility index (Phi) is 8.33. The maximum atomic E-state index is 13.2. The van der Waals surface area contributed by atoms with Gasteiger partial charge in [0.25, 0.3) is 0 Å². The molecular formula is C22H23Cl2F3N6O. The van der Waals surface area contributed by atoms with Gasteiger partial charge in [0.1, 0.15) is 11.4 Å². The topological polar surface area (TPSA) is 70.7 Å². The maximum absolute atomic E-state index is 13.2. The summed E-state index contributed by atoms with van der Waals surface area (Å²) in [6.45, 7) is 5.64. The first-order chi connectivity index (χ1) is 15.2. The maximum Gasteiger partial charge on any atom is 0.416 e. The first-order valence-corrected chi connectivity index (χ1v) is 9.88. The second kappa shape index (κ2) is 10.4. The molecule has 4 rings (SSSR count). The van der Waals surface area contributed by atoms with Gasteiger partial charge in [0.2, 0.25) is 5.88 Å². The average molecular weight is 515 g/mol. The second-order valence-corrected chi connectivity index (χ2v) is 7.52. The smallest absolute Gasteiger partial charge is 0.416 e. The third kappa shape index (κ3) is 5.34. The van der Waals surface area contributed by atoms with E-state index >= 15 is 0 Å². The van der Waals surface area contributed by atoms with Crippen molar-refractivity contribution < 1.29 is 17.9 Å². The van der Waals surface area contributed by atoms with E-state index < -0.39 is 11.7 Å². The first kappa shape index (κ1) is 27.1. The van der Waals surface area contributed by atoms with Gasteiger partial charge >= 0.3 is 6.18 Å². The van der Waals surface area contributed by atoms with Crippen molar-refractivity contribution in [2.24, 2.45) is 0 Å². The Morgan fingerprint density at radius 1 is 1.03 bits per heavy atom. The molecule has 0 unspecified atom stereocenters. The van der Waals surface area contributed by atoms with Crippen molar-refractivity contribution in [2.75, 3.05) is 7.11 Å². The first-order valence-electron chi connectivity index (χ1n) is 9.88. The Hall–Kier alpha value is -3.11. The second-order valence-electron chi connectivity index (χ2n) is 7.52. The number of ether oxygens (including phenoxy) is 1. The fourth-order valence-corrected chi connectivity index (χ4v) is 3.28. The fourth-order valence-electron chi connectivity index (χ4n) is 3.28. The van der Waals surface area contributed by atoms with E-state index in [0.29, 0.717) is 28.6 Å². The normalized spacial score (nSPS) is 11.2. The molecule has 4 aromatic rings. The van der Waals surface area contributed by atoms with Crippen LogP contribution in [0.5, 0.6) is 5.88 Å². The Morgan fingerprint density at radius 3 is 2.35 bits per heavy atom. The number of aryl methyl sites for hydroxylation is 1. The number of hydrogen-bond acceptors (Lipinski definition) is 5. The van der Waals surface area contributed by atoms with Gasteiger partial charge in [-0.15, -0.1) is 29.9 Å². The molecule has 0 atom stereocenters. The summed E-state index contributed by atoms with van der Waals surface area (Å²) in [6.07, 6.45) is -0.944. The molecule has 0 fully saturated rings. The van der Waals surface area contributed by atoms with Gasteiger partial charge in [-0.05, 0) is 45.0 Å². The minimum Gasteiger partial charge on any atom is -0.479 e. The molecule has 1 aromatic carbocycles. The van der Waals surface area contributed by atoms with Crippen LogP contribution in [0.15, 0.2) is 48.9 Å². The lowest BCUT2D eigenvalue weighted by Gasteiger charge is -2.11. The van der Waals surface area contributed by atoms with Crippen LogP contribution in [0.3, 0.4) is 0 Å². The summed E-state index contributed by atoms with van der Waals surface area (Å²) >= 11 is 0. The highest BCUT2D eigenvalue weighted by molar-refractivity contribution is 5.85. The predicted octanol–water partition coefficient (Wildman–Crippen LogP) is 5.95. The van der Waals surface area contributed by atoms with Crippen LogP contribution in [0, 0.1) is 6.92 Å². The third-order valence-electron chi connectivity index (χ3n) is 4.82. The highest BCUT2D eigenvalue weighted by Crippen LogP contribution is 2.33. The molecule has 0 spiro atoms. The summed E-state index contributed by atoms with van der Waals surface area (Å²) in [7, 11) is 1.51. The van der Waals surface area contributed by atoms with Gasteiger partial charge < -0.3 is 9.30 Å². The molecule has 0 aliphatic rings. The summed E-state index contributed by atoms with van der Waals surface area (Å²) in [5, 5.41) is 4.52. The van der Waals surface area contributed by atoms with Crippen molar-refractivity contribution in [3.05, 3.63) is 60.2 Å². The van der Waals surface area contributed by atoms with E-state index in [0.717, 1.165) is 17.8 Å². The van der Waals surface area contributed by atoms with Crippen molar-refractivity contribution in [2.45, 2.75) is 33.0 Å². The van der Waals surface area contributed by atoms with Crippen LogP contribution in [0.1, 0.15) is 31.1 Å². The molecule has 0 saturated carbocycles. The molecule has 0 bridgehead atoms. The molecule has 182 valence electrons. The van der Waals surface area contributed by atoms with Gasteiger partial charge in [-0.1, -0.05) is 12.1 Å². The minimum atomic E-state index is -4.45. The van der Waals surface area contributed by atoms with E-state index in [1.165, 1.54) is 13.2 Å². The number of benzene rings is 1. The molecule has 0 N–H and O–H groups in total. The van der Waals surface area contributed by atoms with Crippen LogP contribution in [0.2, 0.25) is 0 Å². The average Bonchev–Trinajstić information content (AvgIpc) is 3.39. The van der Waals surface area contributed by atoms with E-state index in [1.807, 2.05) is 33.0 Å². The van der Waals surface area contributed by atoms with Gasteiger partial charge in [0, 0.05) is 17.8 Å². The lowest BCUT2D eigenvalue weighted by Crippen LogP contribution is -2.07. The predicted molar refractivity (Wildman–Crippen MR) is 127 cm³/mol. The molecule has 0 aliphatic heterocycles. The fraction of sp³-hybridized carbons (Fsp3) is 0.273. The molecule has 3 aromatic heterocycles. The molecule has 34 heavy (non-hydrogen) atoms. The van der Waals surface area contributed by atoms with Gasteiger partial charge in [-0.2, -0.15) is 13.2 Å². The molecule has 12 heteroatoms. The standard InChI is InChI=1S/C22H21F3N6O.2ClH/c1-13(2)31-20(15-6-5-7-16(10-15)22(23,24)25)28-19(29-31)17-8-9-18(21(27-17)32-4)30-11-14(3)26-12-30;;/h5-13H,1-4H3;2*1H. The largest absolute Gasteiger partial charge is 0.479 e. The Labute approximate surface area is 206 Å². The van der Waals surface area contributed by atoms with Crippen molar-refractivity contribution in [3.63, 3.8) is 0 Å². The molecule has 0 saturated heterocycles. The van der Waals surface area contributed by atoms with Crippen molar-refractivity contribution in [1.82, 2.24) is 29.3 Å². The van der Waals surface area contributed by atoms with Crippen LogP contribution < -0.4 is 4.74 Å². The van der Waals surface area contributed by atoms with Gasteiger partial charge in [0.15, 0.2) is 11.6 Å². The summed E-state index contributed by atoms with van der Waals surface area (Å²) in [5.74, 6) is 0.968. The highest BCUT2D eigenvalue weighted by atomic mass is 35.5. The third-order valence-corrected chi connectivity index (χ3v) is 4.82. The Bertz CT molecular complexity index is 1270. The quantitative estimate of drug-likeness (QED) is 0.329. The number of halogens is 5. The minimum absolute atomic E-state index is 0. The van der Waals surface area contributed by atoms with Gasteiger partial charge in [-0.25, -0.2) is 19.6 Å². The SMILES string of the molecule is COc1nc(-c2nc(-c3cccc(C(F)(F)F)c3)n(C(C)C)n2)ccc1-n1cnc(C)c1.Cl.Cl. The van der Waals surface area contributed by atoms with E-state index in [-0.39, 0.29) is 36.7 Å². The highest BCUT2D eigenvalue weighted by Gasteiger charge is 2.31. The summed E-state index contributed by atoms with van der Waals surface area (Å²) < 4.78 is 48.4. The van der Waals surface area contributed by atoms with Gasteiger partial charge in [0.05, 0.1) is 24.7 Å². The van der Waals surface area contributed by atoms with E-state index in [2.05, 4.69) is 20.1 Å². The van der Waals surface area contributed by atoms with E-state index in [4.69, 9.17) is 4.74 Å². The summed E-state index contributed by atoms with van der Waals surface area (Å²) in [4.78, 5) is 13.3. The number of nitrogens with zero attached hydrogens (tertiary/aromatic N) is 6. The van der Waals surface area contributed by atoms with E-state index in [9.17, 15) is 13.2 Å². The number of aromatic nitrogens is 6. The molecule has 0 radical (unpaired) electrons. The van der Waals surface area contributed by atoms with Crippen molar-refractivity contribution >= 4 is 24.8 Å². The van der Waals surface area contributed by atoms with Crippen LogP contribution in [-0.4, -0.2) is 36.4 Å². The molecular weight excluding hydrogens is 492 g/mol. The summed E-state index contributed by atoms with van der Waals surface area (Å²) in [5.41, 5.74) is 1.56. The lowest BCUT2D eigenvalue weighted by molar-refractivity contribution is -0.137. The van der Waals surface area contributed by atoms with Gasteiger partial charge in [-0.3, -0.25) is 0 Å².